The molecule has 0 unspecified atom stereocenters. The molecule has 2 nitrogen and oxygen atoms in total. The van der Waals surface area contributed by atoms with Gasteiger partial charge in [0.05, 0.1) is 22.4 Å². The highest BCUT2D eigenvalue weighted by Crippen LogP contribution is 2.34. The van der Waals surface area contributed by atoms with Gasteiger partial charge >= 0.3 is 6.18 Å². The molecule has 0 spiro atoms. The third-order valence-electron chi connectivity index (χ3n) is 3.09. The molecule has 2 aromatic carbocycles. The number of halogens is 3. The molecule has 0 fully saturated rings. The molecule has 0 aliphatic carbocycles. The van der Waals surface area contributed by atoms with Crippen LogP contribution in [0.5, 0.6) is 0 Å². The summed E-state index contributed by atoms with van der Waals surface area (Å²) in [5.74, 6) is 0. The molecule has 3 rings (SSSR count). The quantitative estimate of drug-likeness (QED) is 0.757. The van der Waals surface area contributed by atoms with Gasteiger partial charge in [-0.25, -0.2) is 4.98 Å². The minimum absolute atomic E-state index is 0.0521. The van der Waals surface area contributed by atoms with E-state index in [9.17, 15) is 13.2 Å². The minimum atomic E-state index is -4.33. The molecule has 0 radical (unpaired) electrons. The second-order valence-corrected chi connectivity index (χ2v) is 5.58. The molecule has 3 aromatic rings. The number of aromatic nitrogens is 1. The van der Waals surface area contributed by atoms with Gasteiger partial charge in [-0.2, -0.15) is 13.2 Å². The second kappa shape index (κ2) is 5.13. The zero-order chi connectivity index (χ0) is 15.0. The van der Waals surface area contributed by atoms with Crippen molar-refractivity contribution in [1.29, 1.82) is 0 Å². The van der Waals surface area contributed by atoms with E-state index in [2.05, 4.69) is 4.98 Å². The molecule has 0 bridgehead atoms. The Bertz CT molecular complexity index is 778. The lowest BCUT2D eigenvalue weighted by Crippen LogP contribution is -2.03. The molecule has 1 N–H and O–H groups in total. The summed E-state index contributed by atoms with van der Waals surface area (Å²) in [4.78, 5) is 4.41. The van der Waals surface area contributed by atoms with Crippen LogP contribution in [-0.2, 0) is 12.8 Å². The van der Waals surface area contributed by atoms with Crippen molar-refractivity contribution in [3.63, 3.8) is 0 Å². The number of rotatable bonds is 2. The molecule has 108 valence electrons. The maximum atomic E-state index is 12.5. The van der Waals surface area contributed by atoms with Crippen LogP contribution in [0.15, 0.2) is 42.5 Å². The van der Waals surface area contributed by atoms with E-state index < -0.39 is 11.7 Å². The van der Waals surface area contributed by atoms with Crippen molar-refractivity contribution in [2.24, 2.45) is 0 Å². The Balaban J connectivity index is 2.00. The predicted molar refractivity (Wildman–Crippen MR) is 76.0 cm³/mol. The molecule has 6 heteroatoms. The zero-order valence-electron chi connectivity index (χ0n) is 10.7. The molecule has 1 heterocycles. The van der Waals surface area contributed by atoms with Crippen molar-refractivity contribution in [2.45, 2.75) is 12.8 Å². The average Bonchev–Trinajstić information content (AvgIpc) is 2.89. The minimum Gasteiger partial charge on any atom is -0.392 e. The van der Waals surface area contributed by atoms with E-state index in [-0.39, 0.29) is 6.61 Å². The lowest BCUT2D eigenvalue weighted by molar-refractivity contribution is -0.137. The highest BCUT2D eigenvalue weighted by atomic mass is 32.1. The maximum Gasteiger partial charge on any atom is 0.416 e. The van der Waals surface area contributed by atoms with Crippen molar-refractivity contribution in [1.82, 2.24) is 4.98 Å². The Morgan fingerprint density at radius 3 is 2.38 bits per heavy atom. The lowest BCUT2D eigenvalue weighted by atomic mass is 10.1. The summed E-state index contributed by atoms with van der Waals surface area (Å²) in [6.45, 7) is -0.0521. The summed E-state index contributed by atoms with van der Waals surface area (Å²) < 4.78 is 38.5. The van der Waals surface area contributed by atoms with Gasteiger partial charge in [0.1, 0.15) is 5.01 Å². The molecule has 0 amide bonds. The molecule has 21 heavy (non-hydrogen) atoms. The topological polar surface area (TPSA) is 33.1 Å². The molecular formula is C15H10F3NOS. The summed E-state index contributed by atoms with van der Waals surface area (Å²) in [5, 5.41) is 9.77. The van der Waals surface area contributed by atoms with E-state index in [4.69, 9.17) is 5.11 Å². The largest absolute Gasteiger partial charge is 0.416 e. The fraction of sp³-hybridized carbons (Fsp3) is 0.133. The van der Waals surface area contributed by atoms with Crippen molar-refractivity contribution in [3.8, 4) is 10.6 Å². The number of alkyl halides is 3. The van der Waals surface area contributed by atoms with E-state index in [1.807, 2.05) is 6.07 Å². The Morgan fingerprint density at radius 2 is 1.76 bits per heavy atom. The van der Waals surface area contributed by atoms with E-state index in [0.717, 1.165) is 27.9 Å². The van der Waals surface area contributed by atoms with Crippen molar-refractivity contribution in [3.05, 3.63) is 53.6 Å². The van der Waals surface area contributed by atoms with Crippen LogP contribution in [0, 0.1) is 0 Å². The Kier molecular flexibility index (Phi) is 3.43. The first-order chi connectivity index (χ1) is 9.97. The second-order valence-electron chi connectivity index (χ2n) is 4.55. The number of hydrogen-bond donors (Lipinski definition) is 1. The first kappa shape index (κ1) is 14.0. The zero-order valence-corrected chi connectivity index (χ0v) is 11.5. The van der Waals surface area contributed by atoms with Crippen LogP contribution < -0.4 is 0 Å². The number of aliphatic hydroxyl groups is 1. The third-order valence-corrected chi connectivity index (χ3v) is 4.16. The summed E-state index contributed by atoms with van der Waals surface area (Å²) in [6, 6.07) is 10.4. The fourth-order valence-electron chi connectivity index (χ4n) is 1.99. The normalized spacial score (nSPS) is 12.0. The highest BCUT2D eigenvalue weighted by Gasteiger charge is 2.30. The Hall–Kier alpha value is -1.92. The number of thiazole rings is 1. The molecule has 0 atom stereocenters. The number of nitrogens with zero attached hydrogens (tertiary/aromatic N) is 1. The predicted octanol–water partition coefficient (Wildman–Crippen LogP) is 4.47. The maximum absolute atomic E-state index is 12.5. The Labute approximate surface area is 122 Å². The third kappa shape index (κ3) is 2.77. The fourth-order valence-corrected chi connectivity index (χ4v) is 3.03. The van der Waals surface area contributed by atoms with Crippen LogP contribution in [0.3, 0.4) is 0 Å². The molecule has 1 aromatic heterocycles. The highest BCUT2D eigenvalue weighted by molar-refractivity contribution is 7.21. The van der Waals surface area contributed by atoms with Crippen LogP contribution >= 0.6 is 11.3 Å². The van der Waals surface area contributed by atoms with E-state index >= 15 is 0 Å². The van der Waals surface area contributed by atoms with Crippen LogP contribution in [0.1, 0.15) is 11.1 Å². The van der Waals surface area contributed by atoms with Gasteiger partial charge in [0.2, 0.25) is 0 Å². The average molecular weight is 309 g/mol. The number of fused-ring (bicyclic) bond motifs is 1. The van der Waals surface area contributed by atoms with Crippen LogP contribution in [-0.4, -0.2) is 10.1 Å². The smallest absolute Gasteiger partial charge is 0.392 e. The van der Waals surface area contributed by atoms with Gasteiger partial charge in [-0.15, -0.1) is 11.3 Å². The van der Waals surface area contributed by atoms with Crippen molar-refractivity contribution >= 4 is 21.6 Å². The van der Waals surface area contributed by atoms with Gasteiger partial charge in [0.15, 0.2) is 0 Å². The van der Waals surface area contributed by atoms with Gasteiger partial charge in [-0.3, -0.25) is 0 Å². The van der Waals surface area contributed by atoms with Crippen LogP contribution in [0.4, 0.5) is 13.2 Å². The van der Waals surface area contributed by atoms with E-state index in [1.54, 1.807) is 12.1 Å². The molecule has 0 aliphatic rings. The number of aliphatic hydroxyl groups excluding tert-OH is 1. The van der Waals surface area contributed by atoms with E-state index in [0.29, 0.717) is 10.6 Å². The molecule has 0 saturated heterocycles. The van der Waals surface area contributed by atoms with Crippen LogP contribution in [0.2, 0.25) is 0 Å². The number of benzene rings is 2. The number of hydrogen-bond acceptors (Lipinski definition) is 3. The first-order valence-electron chi connectivity index (χ1n) is 6.15. The first-order valence-corrected chi connectivity index (χ1v) is 6.97. The SMILES string of the molecule is OCc1ccc2nc(-c3ccc(C(F)(F)F)cc3)sc2c1. The summed E-state index contributed by atoms with van der Waals surface area (Å²) >= 11 is 1.39. The van der Waals surface area contributed by atoms with Crippen molar-refractivity contribution < 1.29 is 18.3 Å². The van der Waals surface area contributed by atoms with E-state index in [1.165, 1.54) is 23.5 Å². The molecular weight excluding hydrogens is 299 g/mol. The monoisotopic (exact) mass is 309 g/mol. The standard InChI is InChI=1S/C15H10F3NOS/c16-15(17,18)11-4-2-10(3-5-11)14-19-12-6-1-9(8-20)7-13(12)21-14/h1-7,20H,8H2. The molecule has 0 aliphatic heterocycles. The summed E-state index contributed by atoms with van der Waals surface area (Å²) in [6.07, 6.45) is -4.33. The van der Waals surface area contributed by atoms with Gasteiger partial charge in [0.25, 0.3) is 0 Å². The Morgan fingerprint density at radius 1 is 1.05 bits per heavy atom. The summed E-state index contributed by atoms with van der Waals surface area (Å²) in [7, 11) is 0. The van der Waals surface area contributed by atoms with Gasteiger partial charge < -0.3 is 5.11 Å². The summed E-state index contributed by atoms with van der Waals surface area (Å²) in [5.41, 5.74) is 1.53. The van der Waals surface area contributed by atoms with Crippen molar-refractivity contribution in [2.75, 3.05) is 0 Å². The van der Waals surface area contributed by atoms with Gasteiger partial charge in [0, 0.05) is 5.56 Å². The molecule has 0 saturated carbocycles. The lowest BCUT2D eigenvalue weighted by Gasteiger charge is -2.06. The van der Waals surface area contributed by atoms with Gasteiger partial charge in [-0.1, -0.05) is 18.2 Å². The van der Waals surface area contributed by atoms with Crippen LogP contribution in [0.25, 0.3) is 20.8 Å². The van der Waals surface area contributed by atoms with Gasteiger partial charge in [-0.05, 0) is 29.8 Å².